The third-order valence-electron chi connectivity index (χ3n) is 3.93. The number of primary amides is 1. The molecule has 1 unspecified atom stereocenters. The van der Waals surface area contributed by atoms with Crippen LogP contribution in [0.15, 0.2) is 53.3 Å². The van der Waals surface area contributed by atoms with Crippen LogP contribution in [0.4, 0.5) is 4.79 Å². The molecule has 8 heteroatoms. The molecule has 0 aliphatic carbocycles. The van der Waals surface area contributed by atoms with E-state index in [1.54, 1.807) is 49.4 Å². The van der Waals surface area contributed by atoms with E-state index in [-0.39, 0.29) is 22.3 Å². The fourth-order valence-corrected chi connectivity index (χ4v) is 2.82. The zero-order chi connectivity index (χ0) is 18.8. The van der Waals surface area contributed by atoms with E-state index in [0.717, 1.165) is 0 Å². The van der Waals surface area contributed by atoms with Crippen LogP contribution in [0.5, 0.6) is 0 Å². The number of rotatable bonds is 4. The van der Waals surface area contributed by atoms with Gasteiger partial charge in [0.15, 0.2) is 0 Å². The van der Waals surface area contributed by atoms with Gasteiger partial charge in [-0.3, -0.25) is 14.2 Å². The van der Waals surface area contributed by atoms with Gasteiger partial charge in [-0.2, -0.15) is 0 Å². The van der Waals surface area contributed by atoms with Crippen LogP contribution in [0.1, 0.15) is 29.1 Å². The third kappa shape index (κ3) is 3.00. The molecule has 0 radical (unpaired) electrons. The van der Waals surface area contributed by atoms with Crippen LogP contribution in [0.25, 0.3) is 16.6 Å². The first-order chi connectivity index (χ1) is 12.4. The van der Waals surface area contributed by atoms with Crippen molar-refractivity contribution in [1.29, 1.82) is 0 Å². The third-order valence-corrected chi connectivity index (χ3v) is 3.93. The molecule has 0 fully saturated rings. The number of carboxylic acid groups (broad SMARTS) is 1. The van der Waals surface area contributed by atoms with Gasteiger partial charge in [-0.15, -0.1) is 0 Å². The Labute approximate surface area is 147 Å². The molecule has 2 amide bonds. The van der Waals surface area contributed by atoms with E-state index in [1.807, 2.05) is 0 Å². The van der Waals surface area contributed by atoms with Crippen LogP contribution in [-0.4, -0.2) is 26.7 Å². The Kier molecular flexibility index (Phi) is 4.40. The maximum absolute atomic E-state index is 13.2. The van der Waals surface area contributed by atoms with Gasteiger partial charge >= 0.3 is 6.09 Å². The molecular weight excluding hydrogens is 336 g/mol. The maximum atomic E-state index is 13.2. The Balaban J connectivity index is 2.41. The molecule has 8 nitrogen and oxygen atoms in total. The Hall–Kier alpha value is -3.68. The fourth-order valence-electron chi connectivity index (χ4n) is 2.82. The molecule has 2 aromatic carbocycles. The molecule has 132 valence electrons. The van der Waals surface area contributed by atoms with E-state index in [0.29, 0.717) is 5.69 Å². The molecule has 1 heterocycles. The van der Waals surface area contributed by atoms with Gasteiger partial charge in [0.1, 0.15) is 5.82 Å². The van der Waals surface area contributed by atoms with Crippen molar-refractivity contribution < 1.29 is 14.7 Å². The van der Waals surface area contributed by atoms with Gasteiger partial charge in [0.05, 0.1) is 28.2 Å². The molecule has 26 heavy (non-hydrogen) atoms. The molecule has 0 saturated heterocycles. The molecule has 1 aromatic heterocycles. The molecule has 3 aromatic rings. The molecule has 4 N–H and O–H groups in total. The molecule has 0 spiro atoms. The zero-order valence-corrected chi connectivity index (χ0v) is 13.8. The van der Waals surface area contributed by atoms with Crippen LogP contribution in [0.2, 0.25) is 0 Å². The number of para-hydroxylation sites is 1. The summed E-state index contributed by atoms with van der Waals surface area (Å²) in [6.45, 7) is 1.58. The largest absolute Gasteiger partial charge is 0.465 e. The number of hydrogen-bond acceptors (Lipinski definition) is 4. The lowest BCUT2D eigenvalue weighted by Crippen LogP contribution is -2.33. The van der Waals surface area contributed by atoms with Crippen molar-refractivity contribution in [3.63, 3.8) is 0 Å². The average Bonchev–Trinajstić information content (AvgIpc) is 2.61. The number of carbonyl (C=O) groups excluding carboxylic acids is 1. The van der Waals surface area contributed by atoms with Gasteiger partial charge in [0, 0.05) is 0 Å². The van der Waals surface area contributed by atoms with Crippen molar-refractivity contribution in [2.45, 2.75) is 13.0 Å². The summed E-state index contributed by atoms with van der Waals surface area (Å²) in [6.07, 6.45) is -1.24. The second kappa shape index (κ2) is 6.67. The summed E-state index contributed by atoms with van der Waals surface area (Å²) in [4.78, 5) is 40.4. The topological polar surface area (TPSA) is 127 Å². The quantitative estimate of drug-likeness (QED) is 0.660. The van der Waals surface area contributed by atoms with E-state index < -0.39 is 23.6 Å². The van der Waals surface area contributed by atoms with Gasteiger partial charge in [-0.1, -0.05) is 24.3 Å². The van der Waals surface area contributed by atoms with Crippen molar-refractivity contribution in [2.75, 3.05) is 0 Å². The number of carbonyl (C=O) groups is 2. The average molecular weight is 352 g/mol. The summed E-state index contributed by atoms with van der Waals surface area (Å²) in [7, 11) is 0. The second-order valence-electron chi connectivity index (χ2n) is 5.68. The van der Waals surface area contributed by atoms with Crippen LogP contribution < -0.4 is 16.6 Å². The van der Waals surface area contributed by atoms with Crippen molar-refractivity contribution >= 4 is 22.9 Å². The number of nitrogens with two attached hydrogens (primary N) is 1. The van der Waals surface area contributed by atoms with Crippen LogP contribution >= 0.6 is 0 Å². The van der Waals surface area contributed by atoms with E-state index in [4.69, 9.17) is 10.8 Å². The zero-order valence-electron chi connectivity index (χ0n) is 13.8. The molecule has 1 atom stereocenters. The van der Waals surface area contributed by atoms with E-state index in [1.165, 1.54) is 10.6 Å². The Morgan fingerprint density at radius 2 is 1.85 bits per heavy atom. The number of fused-ring (bicyclic) bond motifs is 1. The number of nitrogens with zero attached hydrogens (tertiary/aromatic N) is 2. The van der Waals surface area contributed by atoms with Gasteiger partial charge in [0.2, 0.25) is 5.91 Å². The van der Waals surface area contributed by atoms with E-state index >= 15 is 0 Å². The minimum absolute atomic E-state index is 0.0649. The molecule has 0 bridgehead atoms. The SMILES string of the molecule is CC(NC(=O)O)c1nc2cccc(C(N)=O)c2c(=O)n1-c1ccccc1. The van der Waals surface area contributed by atoms with Crippen molar-refractivity contribution in [3.8, 4) is 5.69 Å². The molecule has 0 aliphatic rings. The standard InChI is InChI=1S/C18H16N4O4/c1-10(20-18(25)26)16-21-13-9-5-8-12(15(19)23)14(13)17(24)22(16)11-6-3-2-4-7-11/h2-10,20H,1H3,(H2,19,23)(H,25,26). The first kappa shape index (κ1) is 17.2. The van der Waals surface area contributed by atoms with Crippen LogP contribution in [0, 0.1) is 0 Å². The minimum atomic E-state index is -1.24. The fraction of sp³-hybridized carbons (Fsp3) is 0.111. The summed E-state index contributed by atoms with van der Waals surface area (Å²) in [5.41, 5.74) is 5.74. The van der Waals surface area contributed by atoms with Crippen LogP contribution in [-0.2, 0) is 0 Å². The molecular formula is C18H16N4O4. The van der Waals surface area contributed by atoms with Crippen molar-refractivity contribution in [1.82, 2.24) is 14.9 Å². The lowest BCUT2D eigenvalue weighted by Gasteiger charge is -2.19. The maximum Gasteiger partial charge on any atom is 0.405 e. The molecule has 0 saturated carbocycles. The number of aromatic nitrogens is 2. The van der Waals surface area contributed by atoms with Gasteiger partial charge < -0.3 is 16.2 Å². The summed E-state index contributed by atoms with van der Waals surface area (Å²) < 4.78 is 1.29. The molecule has 3 rings (SSSR count). The van der Waals surface area contributed by atoms with E-state index in [2.05, 4.69) is 10.3 Å². The highest BCUT2D eigenvalue weighted by molar-refractivity contribution is 6.05. The normalized spacial score (nSPS) is 11.9. The van der Waals surface area contributed by atoms with Crippen molar-refractivity contribution in [3.05, 3.63) is 70.3 Å². The Morgan fingerprint density at radius 1 is 1.15 bits per heavy atom. The number of hydrogen-bond donors (Lipinski definition) is 3. The predicted octanol–water partition coefficient (Wildman–Crippen LogP) is 1.81. The Bertz CT molecular complexity index is 1060. The summed E-state index contributed by atoms with van der Waals surface area (Å²) in [6, 6.07) is 12.5. The van der Waals surface area contributed by atoms with Gasteiger partial charge in [0.25, 0.3) is 5.56 Å². The first-order valence-electron chi connectivity index (χ1n) is 7.80. The van der Waals surface area contributed by atoms with Crippen LogP contribution in [0.3, 0.4) is 0 Å². The Morgan fingerprint density at radius 3 is 2.46 bits per heavy atom. The number of benzene rings is 2. The highest BCUT2D eigenvalue weighted by atomic mass is 16.4. The molecule has 0 aliphatic heterocycles. The highest BCUT2D eigenvalue weighted by Gasteiger charge is 2.21. The summed E-state index contributed by atoms with van der Waals surface area (Å²) in [5, 5.41) is 11.4. The minimum Gasteiger partial charge on any atom is -0.465 e. The lowest BCUT2D eigenvalue weighted by atomic mass is 10.1. The van der Waals surface area contributed by atoms with Gasteiger partial charge in [-0.25, -0.2) is 9.78 Å². The van der Waals surface area contributed by atoms with E-state index in [9.17, 15) is 14.4 Å². The van der Waals surface area contributed by atoms with Gasteiger partial charge in [-0.05, 0) is 31.2 Å². The number of nitrogens with one attached hydrogen (secondary N) is 1. The summed E-state index contributed by atoms with van der Waals surface area (Å²) >= 11 is 0. The van der Waals surface area contributed by atoms with Crippen molar-refractivity contribution in [2.24, 2.45) is 5.73 Å². The summed E-state index contributed by atoms with van der Waals surface area (Å²) in [5.74, 6) is -0.531. The highest BCUT2D eigenvalue weighted by Crippen LogP contribution is 2.20. The first-order valence-corrected chi connectivity index (χ1v) is 7.80. The smallest absolute Gasteiger partial charge is 0.405 e. The lowest BCUT2D eigenvalue weighted by molar-refractivity contribution is 0.100. The predicted molar refractivity (Wildman–Crippen MR) is 95.4 cm³/mol. The number of amides is 2. The monoisotopic (exact) mass is 352 g/mol. The second-order valence-corrected chi connectivity index (χ2v) is 5.68.